The molecule has 0 amide bonds. The number of hydrogen-bond donors (Lipinski definition) is 0. The van der Waals surface area contributed by atoms with Gasteiger partial charge in [-0.3, -0.25) is 0 Å². The number of ether oxygens (including phenoxy) is 1. The highest BCUT2D eigenvalue weighted by Gasteiger charge is 2.34. The Bertz CT molecular complexity index is 453. The van der Waals surface area contributed by atoms with Gasteiger partial charge in [0.2, 0.25) is 0 Å². The Kier molecular flexibility index (Phi) is 3.30. The van der Waals surface area contributed by atoms with Crippen molar-refractivity contribution in [3.8, 4) is 0 Å². The molecule has 1 nitrogen and oxygen atoms in total. The predicted molar refractivity (Wildman–Crippen MR) is 72.1 cm³/mol. The molecule has 2 unspecified atom stereocenters. The zero-order chi connectivity index (χ0) is 12.3. The van der Waals surface area contributed by atoms with Crippen molar-refractivity contribution in [2.45, 2.75) is 18.4 Å². The van der Waals surface area contributed by atoms with Crippen molar-refractivity contribution >= 4 is 0 Å². The van der Waals surface area contributed by atoms with E-state index in [4.69, 9.17) is 4.74 Å². The van der Waals surface area contributed by atoms with E-state index < -0.39 is 5.60 Å². The van der Waals surface area contributed by atoms with E-state index in [1.807, 2.05) is 12.2 Å². The molecule has 0 aliphatic heterocycles. The third-order valence-corrected chi connectivity index (χ3v) is 3.37. The largest absolute Gasteiger partial charge is 0.369 e. The van der Waals surface area contributed by atoms with Gasteiger partial charge < -0.3 is 4.74 Å². The van der Waals surface area contributed by atoms with Crippen LogP contribution in [0.3, 0.4) is 0 Å². The molecule has 1 heteroatoms. The zero-order valence-corrected chi connectivity index (χ0v) is 10.4. The maximum absolute atomic E-state index is 5.67. The summed E-state index contributed by atoms with van der Waals surface area (Å²) in [6, 6.07) is 8.57. The lowest BCUT2D eigenvalue weighted by Gasteiger charge is -2.35. The highest BCUT2D eigenvalue weighted by atomic mass is 16.5. The Hall–Kier alpha value is -1.60. The SMILES string of the molecule is C=CC1(OC)C=CC=CC1c1ccc(C)cc1. The van der Waals surface area contributed by atoms with Crippen LogP contribution in [0.4, 0.5) is 0 Å². The van der Waals surface area contributed by atoms with Gasteiger partial charge in [-0.2, -0.15) is 0 Å². The van der Waals surface area contributed by atoms with Gasteiger partial charge in [-0.25, -0.2) is 0 Å². The van der Waals surface area contributed by atoms with Crippen LogP contribution in [0, 0.1) is 6.92 Å². The summed E-state index contributed by atoms with van der Waals surface area (Å²) in [4.78, 5) is 0. The minimum Gasteiger partial charge on any atom is -0.369 e. The Morgan fingerprint density at radius 2 is 1.94 bits per heavy atom. The van der Waals surface area contributed by atoms with Crippen LogP contribution in [0.15, 0.2) is 61.2 Å². The number of hydrogen-bond acceptors (Lipinski definition) is 1. The second-order valence-corrected chi connectivity index (χ2v) is 4.39. The number of allylic oxidation sites excluding steroid dienone is 2. The van der Waals surface area contributed by atoms with E-state index in [1.54, 1.807) is 7.11 Å². The maximum Gasteiger partial charge on any atom is 0.114 e. The lowest BCUT2D eigenvalue weighted by Crippen LogP contribution is -2.34. The standard InChI is InChI=1S/C16H18O/c1-4-16(17-3)12-6-5-7-15(16)14-10-8-13(2)9-11-14/h4-12,15H,1H2,2-3H3. The molecule has 0 spiro atoms. The van der Waals surface area contributed by atoms with E-state index in [-0.39, 0.29) is 5.92 Å². The van der Waals surface area contributed by atoms with Crippen molar-refractivity contribution < 1.29 is 4.74 Å². The van der Waals surface area contributed by atoms with Gasteiger partial charge in [-0.05, 0) is 18.6 Å². The fourth-order valence-electron chi connectivity index (χ4n) is 2.25. The molecule has 88 valence electrons. The van der Waals surface area contributed by atoms with Gasteiger partial charge in [0, 0.05) is 13.0 Å². The average molecular weight is 226 g/mol. The normalized spacial score (nSPS) is 27.1. The van der Waals surface area contributed by atoms with Gasteiger partial charge in [0.15, 0.2) is 0 Å². The van der Waals surface area contributed by atoms with Crippen LogP contribution in [0.2, 0.25) is 0 Å². The first-order valence-electron chi connectivity index (χ1n) is 5.83. The molecule has 0 fully saturated rings. The molecule has 1 aliphatic carbocycles. The summed E-state index contributed by atoms with van der Waals surface area (Å²) >= 11 is 0. The molecule has 0 radical (unpaired) electrons. The Morgan fingerprint density at radius 1 is 1.24 bits per heavy atom. The molecule has 2 atom stereocenters. The topological polar surface area (TPSA) is 9.23 Å². The van der Waals surface area contributed by atoms with Gasteiger partial charge in [0.25, 0.3) is 0 Å². The van der Waals surface area contributed by atoms with Crippen LogP contribution >= 0.6 is 0 Å². The second kappa shape index (κ2) is 4.72. The maximum atomic E-state index is 5.67. The van der Waals surface area contributed by atoms with Gasteiger partial charge >= 0.3 is 0 Å². The molecule has 0 saturated carbocycles. The van der Waals surface area contributed by atoms with E-state index in [9.17, 15) is 0 Å². The van der Waals surface area contributed by atoms with Crippen molar-refractivity contribution in [1.29, 1.82) is 0 Å². The average Bonchev–Trinajstić information content (AvgIpc) is 2.39. The third-order valence-electron chi connectivity index (χ3n) is 3.37. The van der Waals surface area contributed by atoms with Gasteiger partial charge in [-0.1, -0.05) is 60.7 Å². The summed E-state index contributed by atoms with van der Waals surface area (Å²) in [6.45, 7) is 6.01. The summed E-state index contributed by atoms with van der Waals surface area (Å²) in [7, 11) is 1.73. The first-order valence-corrected chi connectivity index (χ1v) is 5.83. The predicted octanol–water partition coefficient (Wildman–Crippen LogP) is 3.78. The van der Waals surface area contributed by atoms with Crippen LogP contribution in [-0.2, 0) is 4.74 Å². The molecular formula is C16H18O. The number of methoxy groups -OCH3 is 1. The van der Waals surface area contributed by atoms with Crippen molar-refractivity contribution in [2.24, 2.45) is 0 Å². The lowest BCUT2D eigenvalue weighted by atomic mass is 9.79. The van der Waals surface area contributed by atoms with Gasteiger partial charge in [0.1, 0.15) is 5.60 Å². The third kappa shape index (κ3) is 2.11. The van der Waals surface area contributed by atoms with Crippen molar-refractivity contribution in [3.63, 3.8) is 0 Å². The molecule has 1 aromatic rings. The zero-order valence-electron chi connectivity index (χ0n) is 10.4. The Labute approximate surface area is 103 Å². The van der Waals surface area contributed by atoms with E-state index in [0.717, 1.165) is 0 Å². The molecule has 0 aromatic heterocycles. The highest BCUT2D eigenvalue weighted by Crippen LogP contribution is 2.37. The summed E-state index contributed by atoms with van der Waals surface area (Å²) in [5.41, 5.74) is 2.09. The molecule has 0 saturated heterocycles. The van der Waals surface area contributed by atoms with Crippen molar-refractivity contribution in [3.05, 3.63) is 72.4 Å². The number of benzene rings is 1. The fraction of sp³-hybridized carbons (Fsp3) is 0.250. The second-order valence-electron chi connectivity index (χ2n) is 4.39. The van der Waals surface area contributed by atoms with Crippen LogP contribution in [-0.4, -0.2) is 12.7 Å². The summed E-state index contributed by atoms with van der Waals surface area (Å²) in [5, 5.41) is 0. The molecule has 0 N–H and O–H groups in total. The van der Waals surface area contributed by atoms with E-state index >= 15 is 0 Å². The minimum atomic E-state index is -0.427. The first kappa shape index (κ1) is 11.9. The van der Waals surface area contributed by atoms with E-state index in [0.29, 0.717) is 0 Å². The minimum absolute atomic E-state index is 0.190. The smallest absolute Gasteiger partial charge is 0.114 e. The van der Waals surface area contributed by atoms with Gasteiger partial charge in [-0.15, -0.1) is 0 Å². The van der Waals surface area contributed by atoms with Crippen molar-refractivity contribution in [2.75, 3.05) is 7.11 Å². The van der Waals surface area contributed by atoms with Crippen LogP contribution < -0.4 is 0 Å². The Morgan fingerprint density at radius 3 is 2.53 bits per heavy atom. The lowest BCUT2D eigenvalue weighted by molar-refractivity contribution is 0.0611. The van der Waals surface area contributed by atoms with E-state index in [2.05, 4.69) is 56.0 Å². The number of rotatable bonds is 3. The Balaban J connectivity index is 2.42. The highest BCUT2D eigenvalue weighted by molar-refractivity contribution is 5.39. The molecule has 0 heterocycles. The monoisotopic (exact) mass is 226 g/mol. The molecule has 1 aliphatic rings. The molecule has 0 bridgehead atoms. The van der Waals surface area contributed by atoms with Crippen LogP contribution in [0.5, 0.6) is 0 Å². The molecule has 1 aromatic carbocycles. The quantitative estimate of drug-likeness (QED) is 0.713. The summed E-state index contributed by atoms with van der Waals surface area (Å²) in [6.07, 6.45) is 10.2. The summed E-state index contributed by atoms with van der Waals surface area (Å²) in [5.74, 6) is 0.190. The first-order chi connectivity index (χ1) is 8.22. The number of aryl methyl sites for hydroxylation is 1. The van der Waals surface area contributed by atoms with E-state index in [1.165, 1.54) is 11.1 Å². The molecular weight excluding hydrogens is 208 g/mol. The molecule has 2 rings (SSSR count). The fourth-order valence-corrected chi connectivity index (χ4v) is 2.25. The van der Waals surface area contributed by atoms with Crippen LogP contribution in [0.25, 0.3) is 0 Å². The van der Waals surface area contributed by atoms with Gasteiger partial charge in [0.05, 0.1) is 0 Å². The summed E-state index contributed by atoms with van der Waals surface area (Å²) < 4.78 is 5.67. The van der Waals surface area contributed by atoms with Crippen molar-refractivity contribution in [1.82, 2.24) is 0 Å². The molecule has 17 heavy (non-hydrogen) atoms. The van der Waals surface area contributed by atoms with Crippen LogP contribution in [0.1, 0.15) is 17.0 Å².